The zero-order valence-electron chi connectivity index (χ0n) is 15.7. The minimum atomic E-state index is -1.86. The first-order valence-electron chi connectivity index (χ1n) is 8.77. The van der Waals surface area contributed by atoms with E-state index in [2.05, 4.69) is 15.4 Å². The number of benzene rings is 1. The summed E-state index contributed by atoms with van der Waals surface area (Å²) < 4.78 is 10.7. The van der Waals surface area contributed by atoms with Gasteiger partial charge in [0.2, 0.25) is 5.82 Å². The predicted molar refractivity (Wildman–Crippen MR) is 111 cm³/mol. The third-order valence-electron chi connectivity index (χ3n) is 4.33. The predicted octanol–water partition coefficient (Wildman–Crippen LogP) is -0.205. The number of rotatable bonds is 6. The largest absolute Gasteiger partial charge is 0.418 e. The summed E-state index contributed by atoms with van der Waals surface area (Å²) in [7, 11) is 0. The number of para-hydroxylation sites is 1. The number of carbonyl (C=O) groups is 3. The van der Waals surface area contributed by atoms with Crippen molar-refractivity contribution >= 4 is 44.5 Å². The Bertz CT molecular complexity index is 1030. The van der Waals surface area contributed by atoms with Crippen LogP contribution >= 0.6 is 22.6 Å². The molecule has 2 amide bonds. The number of amides is 2. The molecule has 1 aliphatic heterocycles. The van der Waals surface area contributed by atoms with Gasteiger partial charge in [0.15, 0.2) is 6.23 Å². The Balaban J connectivity index is 1.63. The lowest BCUT2D eigenvalue weighted by atomic mass is 10.0. The monoisotopic (exact) mass is 544 g/mol. The van der Waals surface area contributed by atoms with Gasteiger partial charge in [0.1, 0.15) is 23.8 Å². The number of halogens is 1. The van der Waals surface area contributed by atoms with Crippen molar-refractivity contribution in [2.45, 2.75) is 17.9 Å². The minimum absolute atomic E-state index is 0.246. The van der Waals surface area contributed by atoms with Gasteiger partial charge < -0.3 is 24.8 Å². The molecule has 3 rings (SSSR count). The number of ether oxygens (including phenoxy) is 2. The molecule has 0 bridgehead atoms. The maximum absolute atomic E-state index is 12.2. The average molecular weight is 544 g/mol. The Morgan fingerprint density at radius 2 is 2.13 bits per heavy atom. The van der Waals surface area contributed by atoms with Crippen LogP contribution in [0.15, 0.2) is 36.7 Å². The SMILES string of the molecule is O=C(/C=C/c1ccccc1OC(=O)I)NC(=O)c1ncn(C2OCC(O)(CO)C2O)n1. The van der Waals surface area contributed by atoms with E-state index in [9.17, 15) is 29.7 Å². The zero-order chi connectivity index (χ0) is 22.6. The van der Waals surface area contributed by atoms with Crippen molar-refractivity contribution in [2.24, 2.45) is 0 Å². The van der Waals surface area contributed by atoms with Gasteiger partial charge in [-0.3, -0.25) is 14.9 Å². The highest BCUT2D eigenvalue weighted by Gasteiger charge is 2.49. The number of carbonyl (C=O) groups excluding carboxylic acids is 3. The Morgan fingerprint density at radius 1 is 1.39 bits per heavy atom. The molecule has 31 heavy (non-hydrogen) atoms. The second kappa shape index (κ2) is 9.61. The van der Waals surface area contributed by atoms with Crippen molar-refractivity contribution in [2.75, 3.05) is 13.2 Å². The standard InChI is InChI=1S/C18H17IN4O8/c19-17(28)31-11-4-2-1-3-10(11)5-6-12(25)21-15(27)14-20-9-23(22-14)16-13(26)18(29,7-24)8-30-16/h1-6,9,13,16,24,26,29H,7-8H2,(H,21,25,27)/b6-5+. The molecule has 1 aromatic carbocycles. The van der Waals surface area contributed by atoms with Gasteiger partial charge >= 0.3 is 3.98 Å². The van der Waals surface area contributed by atoms with Crippen LogP contribution in [0.25, 0.3) is 6.08 Å². The molecule has 12 nitrogen and oxygen atoms in total. The number of hydrogen-bond donors (Lipinski definition) is 4. The van der Waals surface area contributed by atoms with Crippen molar-refractivity contribution in [1.82, 2.24) is 20.1 Å². The molecule has 2 heterocycles. The molecule has 0 radical (unpaired) electrons. The molecule has 4 N–H and O–H groups in total. The number of nitrogens with one attached hydrogen (secondary N) is 1. The Morgan fingerprint density at radius 3 is 2.81 bits per heavy atom. The smallest absolute Gasteiger partial charge is 0.372 e. The molecule has 1 saturated heterocycles. The molecular weight excluding hydrogens is 527 g/mol. The van der Waals surface area contributed by atoms with E-state index in [1.165, 1.54) is 28.7 Å². The van der Waals surface area contributed by atoms with Crippen LogP contribution in [0.4, 0.5) is 4.79 Å². The summed E-state index contributed by atoms with van der Waals surface area (Å²) in [6.45, 7) is -1.07. The molecule has 13 heteroatoms. The van der Waals surface area contributed by atoms with Gasteiger partial charge in [-0.05, 0) is 12.1 Å². The molecule has 1 fully saturated rings. The topological polar surface area (TPSA) is 173 Å². The number of imide groups is 1. The van der Waals surface area contributed by atoms with E-state index in [0.717, 1.165) is 17.1 Å². The van der Waals surface area contributed by atoms with Crippen molar-refractivity contribution in [3.8, 4) is 5.75 Å². The number of nitrogens with zero attached hydrogens (tertiary/aromatic N) is 3. The first-order chi connectivity index (χ1) is 14.7. The second-order valence-electron chi connectivity index (χ2n) is 6.49. The second-order valence-corrected chi connectivity index (χ2v) is 7.37. The van der Waals surface area contributed by atoms with Crippen LogP contribution in [0.5, 0.6) is 5.75 Å². The molecular formula is C18H17IN4O8. The Hall–Kier alpha value is -2.72. The third kappa shape index (κ3) is 5.31. The highest BCUT2D eigenvalue weighted by molar-refractivity contribution is 14.1. The van der Waals surface area contributed by atoms with Gasteiger partial charge in [-0.2, -0.15) is 0 Å². The van der Waals surface area contributed by atoms with Crippen LogP contribution in [0.3, 0.4) is 0 Å². The fraction of sp³-hybridized carbons (Fsp3) is 0.278. The summed E-state index contributed by atoms with van der Waals surface area (Å²) in [4.78, 5) is 39.1. The van der Waals surface area contributed by atoms with Crippen LogP contribution < -0.4 is 10.1 Å². The fourth-order valence-electron chi connectivity index (χ4n) is 2.71. The van der Waals surface area contributed by atoms with Crippen molar-refractivity contribution in [3.05, 3.63) is 48.1 Å². The van der Waals surface area contributed by atoms with Gasteiger partial charge in [0.05, 0.1) is 35.8 Å². The Kier molecular flexibility index (Phi) is 7.11. The summed E-state index contributed by atoms with van der Waals surface area (Å²) in [5.74, 6) is -1.82. The minimum Gasteiger partial charge on any atom is -0.418 e. The highest BCUT2D eigenvalue weighted by Crippen LogP contribution is 2.31. The Labute approximate surface area is 188 Å². The molecule has 3 atom stereocenters. The van der Waals surface area contributed by atoms with Crippen LogP contribution in [-0.2, 0) is 9.53 Å². The van der Waals surface area contributed by atoms with Gasteiger partial charge in [0.25, 0.3) is 11.8 Å². The van der Waals surface area contributed by atoms with Crippen LogP contribution in [0.1, 0.15) is 22.4 Å². The normalized spacial score (nSPS) is 23.1. The molecule has 2 aromatic rings. The van der Waals surface area contributed by atoms with E-state index in [1.54, 1.807) is 24.3 Å². The lowest BCUT2D eigenvalue weighted by molar-refractivity contribution is -0.115. The van der Waals surface area contributed by atoms with Crippen LogP contribution in [0, 0.1) is 0 Å². The number of hydrogen-bond acceptors (Lipinski definition) is 10. The number of aliphatic hydroxyl groups excluding tert-OH is 2. The maximum atomic E-state index is 12.2. The first-order valence-corrected chi connectivity index (χ1v) is 9.85. The van der Waals surface area contributed by atoms with E-state index in [0.29, 0.717) is 5.56 Å². The zero-order valence-corrected chi connectivity index (χ0v) is 17.9. The third-order valence-corrected chi connectivity index (χ3v) is 4.55. The average Bonchev–Trinajstić information content (AvgIpc) is 3.33. The molecule has 0 aliphatic carbocycles. The van der Waals surface area contributed by atoms with Crippen LogP contribution in [0.2, 0.25) is 0 Å². The fourth-order valence-corrected chi connectivity index (χ4v) is 2.94. The summed E-state index contributed by atoms with van der Waals surface area (Å²) in [6, 6.07) is 6.50. The molecule has 1 aromatic heterocycles. The van der Waals surface area contributed by atoms with E-state index in [4.69, 9.17) is 9.47 Å². The maximum Gasteiger partial charge on any atom is 0.372 e. The number of aliphatic hydroxyl groups is 3. The van der Waals surface area contributed by atoms with Gasteiger partial charge in [-0.25, -0.2) is 14.5 Å². The summed E-state index contributed by atoms with van der Waals surface area (Å²) in [5, 5.41) is 35.2. The molecule has 3 unspecified atom stereocenters. The van der Waals surface area contributed by atoms with E-state index >= 15 is 0 Å². The quantitative estimate of drug-likeness (QED) is 0.217. The first kappa shape index (κ1) is 23.0. The molecule has 0 saturated carbocycles. The lowest BCUT2D eigenvalue weighted by Crippen LogP contribution is -2.46. The van der Waals surface area contributed by atoms with E-state index in [1.807, 2.05) is 0 Å². The van der Waals surface area contributed by atoms with E-state index in [-0.39, 0.29) is 18.2 Å². The van der Waals surface area contributed by atoms with Crippen LogP contribution in [-0.4, -0.2) is 70.8 Å². The molecule has 1 aliphatic rings. The number of aromatic nitrogens is 3. The molecule has 0 spiro atoms. The summed E-state index contributed by atoms with van der Waals surface area (Å²) in [6.07, 6.45) is 0.846. The van der Waals surface area contributed by atoms with Gasteiger partial charge in [0, 0.05) is 11.6 Å². The summed E-state index contributed by atoms with van der Waals surface area (Å²) >= 11 is 1.47. The van der Waals surface area contributed by atoms with Crippen molar-refractivity contribution in [3.63, 3.8) is 0 Å². The van der Waals surface area contributed by atoms with Gasteiger partial charge in [-0.15, -0.1) is 5.10 Å². The van der Waals surface area contributed by atoms with Crippen molar-refractivity contribution < 1.29 is 39.2 Å². The highest BCUT2D eigenvalue weighted by atomic mass is 127. The lowest BCUT2D eigenvalue weighted by Gasteiger charge is -2.23. The van der Waals surface area contributed by atoms with Crippen molar-refractivity contribution in [1.29, 1.82) is 0 Å². The van der Waals surface area contributed by atoms with E-state index < -0.39 is 40.3 Å². The van der Waals surface area contributed by atoms with Gasteiger partial charge in [-0.1, -0.05) is 18.2 Å². The summed E-state index contributed by atoms with van der Waals surface area (Å²) in [5.41, 5.74) is -1.41. The molecule has 164 valence electrons.